The summed E-state index contributed by atoms with van der Waals surface area (Å²) >= 11 is 6.21. The van der Waals surface area contributed by atoms with Crippen molar-refractivity contribution in [3.05, 3.63) is 11.6 Å². The van der Waals surface area contributed by atoms with Crippen molar-refractivity contribution in [3.8, 4) is 0 Å². The molecule has 1 aliphatic rings. The molecule has 0 heterocycles. The van der Waals surface area contributed by atoms with E-state index in [0.29, 0.717) is 5.38 Å². The molecule has 0 aromatic rings. The van der Waals surface area contributed by atoms with Gasteiger partial charge in [-0.05, 0) is 31.6 Å². The van der Waals surface area contributed by atoms with Crippen LogP contribution in [0.25, 0.3) is 0 Å². The standard InChI is InChI=1S/C13H23Cl/c1-3-11(4-2)9-12-7-5-6-8-13(14)10-12/h10-11,13H,3-9H2,1-2H3. The molecule has 0 fully saturated rings. The van der Waals surface area contributed by atoms with Gasteiger partial charge in [-0.25, -0.2) is 0 Å². The molecule has 0 aliphatic heterocycles. The first-order chi connectivity index (χ1) is 6.76. The number of rotatable bonds is 4. The number of hydrogen-bond acceptors (Lipinski definition) is 0. The summed E-state index contributed by atoms with van der Waals surface area (Å²) in [7, 11) is 0. The van der Waals surface area contributed by atoms with E-state index in [4.69, 9.17) is 11.6 Å². The monoisotopic (exact) mass is 214 g/mol. The van der Waals surface area contributed by atoms with Gasteiger partial charge in [-0.15, -0.1) is 11.6 Å². The van der Waals surface area contributed by atoms with Crippen molar-refractivity contribution >= 4 is 11.6 Å². The normalized spacial score (nSPS) is 23.4. The molecule has 0 bridgehead atoms. The highest BCUT2D eigenvalue weighted by Gasteiger charge is 2.12. The van der Waals surface area contributed by atoms with E-state index < -0.39 is 0 Å². The molecule has 0 spiro atoms. The summed E-state index contributed by atoms with van der Waals surface area (Å²) in [5.74, 6) is 0.878. The highest BCUT2D eigenvalue weighted by molar-refractivity contribution is 6.21. The second-order valence-electron chi connectivity index (χ2n) is 4.47. The third-order valence-corrected chi connectivity index (χ3v) is 3.69. The van der Waals surface area contributed by atoms with Crippen LogP contribution in [0.4, 0.5) is 0 Å². The van der Waals surface area contributed by atoms with Gasteiger partial charge in [-0.3, -0.25) is 0 Å². The Morgan fingerprint density at radius 3 is 2.71 bits per heavy atom. The van der Waals surface area contributed by atoms with E-state index >= 15 is 0 Å². The van der Waals surface area contributed by atoms with Gasteiger partial charge in [0.05, 0.1) is 5.38 Å². The minimum atomic E-state index is 0.307. The van der Waals surface area contributed by atoms with Crippen molar-refractivity contribution in [2.45, 2.75) is 64.2 Å². The highest BCUT2D eigenvalue weighted by Crippen LogP contribution is 2.27. The molecule has 0 aromatic heterocycles. The maximum atomic E-state index is 6.21. The summed E-state index contributed by atoms with van der Waals surface area (Å²) in [6, 6.07) is 0. The van der Waals surface area contributed by atoms with Gasteiger partial charge in [0.25, 0.3) is 0 Å². The van der Waals surface area contributed by atoms with Crippen molar-refractivity contribution < 1.29 is 0 Å². The van der Waals surface area contributed by atoms with Crippen molar-refractivity contribution in [1.82, 2.24) is 0 Å². The topological polar surface area (TPSA) is 0 Å². The molecule has 0 saturated carbocycles. The fraction of sp³-hybridized carbons (Fsp3) is 0.846. The van der Waals surface area contributed by atoms with Crippen molar-refractivity contribution in [2.24, 2.45) is 5.92 Å². The zero-order chi connectivity index (χ0) is 10.4. The maximum Gasteiger partial charge on any atom is 0.0518 e. The van der Waals surface area contributed by atoms with Gasteiger partial charge in [-0.2, -0.15) is 0 Å². The number of allylic oxidation sites excluding steroid dienone is 2. The molecule has 82 valence electrons. The van der Waals surface area contributed by atoms with Gasteiger partial charge in [0, 0.05) is 0 Å². The first-order valence-electron chi connectivity index (χ1n) is 6.09. The van der Waals surface area contributed by atoms with Crippen LogP contribution in [0, 0.1) is 5.92 Å². The lowest BCUT2D eigenvalue weighted by atomic mass is 9.92. The number of alkyl halides is 1. The van der Waals surface area contributed by atoms with Gasteiger partial charge < -0.3 is 0 Å². The lowest BCUT2D eigenvalue weighted by molar-refractivity contribution is 0.480. The Bertz CT molecular complexity index is 180. The highest BCUT2D eigenvalue weighted by atomic mass is 35.5. The fourth-order valence-electron chi connectivity index (χ4n) is 2.23. The quantitative estimate of drug-likeness (QED) is 0.460. The molecule has 1 aliphatic carbocycles. The summed E-state index contributed by atoms with van der Waals surface area (Å²) in [4.78, 5) is 0. The van der Waals surface area contributed by atoms with Crippen molar-refractivity contribution in [1.29, 1.82) is 0 Å². The largest absolute Gasteiger partial charge is 0.118 e. The zero-order valence-electron chi connectivity index (χ0n) is 9.56. The average Bonchev–Trinajstić information content (AvgIpc) is 2.39. The van der Waals surface area contributed by atoms with Crippen LogP contribution in [0.2, 0.25) is 0 Å². The van der Waals surface area contributed by atoms with Crippen LogP contribution in [0.5, 0.6) is 0 Å². The predicted molar refractivity (Wildman–Crippen MR) is 64.9 cm³/mol. The van der Waals surface area contributed by atoms with Crippen LogP contribution in [-0.4, -0.2) is 5.38 Å². The molecule has 0 amide bonds. The Hall–Kier alpha value is 0.0300. The van der Waals surface area contributed by atoms with Crippen molar-refractivity contribution in [2.75, 3.05) is 0 Å². The number of halogens is 1. The van der Waals surface area contributed by atoms with Crippen LogP contribution < -0.4 is 0 Å². The summed E-state index contributed by atoms with van der Waals surface area (Å²) < 4.78 is 0. The maximum absolute atomic E-state index is 6.21. The summed E-state index contributed by atoms with van der Waals surface area (Å²) in [6.45, 7) is 4.59. The first kappa shape index (κ1) is 12.1. The Labute approximate surface area is 93.7 Å². The first-order valence-corrected chi connectivity index (χ1v) is 6.53. The molecule has 1 atom stereocenters. The summed E-state index contributed by atoms with van der Waals surface area (Å²) in [5.41, 5.74) is 1.62. The van der Waals surface area contributed by atoms with Gasteiger partial charge in [0.2, 0.25) is 0 Å². The SMILES string of the molecule is CCC(CC)CC1=CC(Cl)CCCC1. The molecule has 0 radical (unpaired) electrons. The smallest absolute Gasteiger partial charge is 0.0518 e. The lowest BCUT2D eigenvalue weighted by Crippen LogP contribution is -2.00. The molecule has 0 aromatic carbocycles. The van der Waals surface area contributed by atoms with Gasteiger partial charge in [0.15, 0.2) is 0 Å². The lowest BCUT2D eigenvalue weighted by Gasteiger charge is -2.14. The van der Waals surface area contributed by atoms with E-state index in [-0.39, 0.29) is 0 Å². The average molecular weight is 215 g/mol. The Kier molecular flexibility index (Phi) is 5.62. The molecule has 14 heavy (non-hydrogen) atoms. The fourth-order valence-corrected chi connectivity index (χ4v) is 2.56. The molecule has 0 N–H and O–H groups in total. The van der Waals surface area contributed by atoms with Crippen LogP contribution in [-0.2, 0) is 0 Å². The zero-order valence-corrected chi connectivity index (χ0v) is 10.3. The van der Waals surface area contributed by atoms with Gasteiger partial charge >= 0.3 is 0 Å². The van der Waals surface area contributed by atoms with E-state index in [1.807, 2.05) is 0 Å². The third-order valence-electron chi connectivity index (χ3n) is 3.35. The Balaban J connectivity index is 2.47. The third kappa shape index (κ3) is 4.04. The minimum Gasteiger partial charge on any atom is -0.118 e. The van der Waals surface area contributed by atoms with Crippen LogP contribution >= 0.6 is 11.6 Å². The molecular weight excluding hydrogens is 192 g/mol. The van der Waals surface area contributed by atoms with Gasteiger partial charge in [-0.1, -0.05) is 44.8 Å². The molecule has 1 heteroatoms. The molecular formula is C13H23Cl. The summed E-state index contributed by atoms with van der Waals surface area (Å²) in [6.07, 6.45) is 11.3. The molecule has 0 saturated heterocycles. The predicted octanol–water partition coefficient (Wildman–Crippen LogP) is 4.92. The van der Waals surface area contributed by atoms with E-state index in [9.17, 15) is 0 Å². The van der Waals surface area contributed by atoms with Crippen LogP contribution in [0.1, 0.15) is 58.8 Å². The van der Waals surface area contributed by atoms with E-state index in [1.54, 1.807) is 5.57 Å². The van der Waals surface area contributed by atoms with E-state index in [1.165, 1.54) is 44.9 Å². The minimum absolute atomic E-state index is 0.307. The van der Waals surface area contributed by atoms with E-state index in [2.05, 4.69) is 19.9 Å². The molecule has 0 nitrogen and oxygen atoms in total. The van der Waals surface area contributed by atoms with Crippen molar-refractivity contribution in [3.63, 3.8) is 0 Å². The second-order valence-corrected chi connectivity index (χ2v) is 5.03. The summed E-state index contributed by atoms with van der Waals surface area (Å²) in [5, 5.41) is 0.307. The van der Waals surface area contributed by atoms with Crippen LogP contribution in [0.15, 0.2) is 11.6 Å². The molecule has 1 rings (SSSR count). The molecule has 1 unspecified atom stereocenters. The van der Waals surface area contributed by atoms with E-state index in [0.717, 1.165) is 5.92 Å². The van der Waals surface area contributed by atoms with Gasteiger partial charge in [0.1, 0.15) is 0 Å². The van der Waals surface area contributed by atoms with Crippen LogP contribution in [0.3, 0.4) is 0 Å². The second kappa shape index (κ2) is 6.50. The Morgan fingerprint density at radius 2 is 2.07 bits per heavy atom. The number of hydrogen-bond donors (Lipinski definition) is 0. The Morgan fingerprint density at radius 1 is 1.36 bits per heavy atom.